The van der Waals surface area contributed by atoms with Gasteiger partial charge in [0.2, 0.25) is 0 Å². The molecule has 0 spiro atoms. The van der Waals surface area contributed by atoms with Crippen molar-refractivity contribution >= 4 is 38.9 Å². The van der Waals surface area contributed by atoms with Gasteiger partial charge in [0.1, 0.15) is 4.90 Å². The SMILES string of the molecule is COc1c(Cl)cc(Cl)cc1S(=O)(=O)Nc1ccc2c(c1)CCNCC2. The lowest BCUT2D eigenvalue weighted by molar-refractivity contribution is 0.403. The van der Waals surface area contributed by atoms with Crippen LogP contribution in [0.1, 0.15) is 11.1 Å². The van der Waals surface area contributed by atoms with E-state index >= 15 is 0 Å². The van der Waals surface area contributed by atoms with Crippen LogP contribution in [0.5, 0.6) is 5.75 Å². The minimum atomic E-state index is -3.90. The molecule has 3 rings (SSSR count). The molecule has 0 fully saturated rings. The van der Waals surface area contributed by atoms with Gasteiger partial charge in [0.05, 0.1) is 12.1 Å². The molecule has 2 aromatic carbocycles. The van der Waals surface area contributed by atoms with E-state index in [1.807, 2.05) is 12.1 Å². The van der Waals surface area contributed by atoms with Gasteiger partial charge in [-0.1, -0.05) is 29.3 Å². The van der Waals surface area contributed by atoms with Crippen LogP contribution in [0.15, 0.2) is 35.2 Å². The molecule has 0 saturated carbocycles. The van der Waals surface area contributed by atoms with Crippen LogP contribution >= 0.6 is 23.2 Å². The summed E-state index contributed by atoms with van der Waals surface area (Å²) in [5, 5.41) is 3.69. The lowest BCUT2D eigenvalue weighted by Gasteiger charge is -2.14. The van der Waals surface area contributed by atoms with Gasteiger partial charge in [0.15, 0.2) is 5.75 Å². The molecule has 0 aromatic heterocycles. The van der Waals surface area contributed by atoms with E-state index in [1.165, 1.54) is 24.8 Å². The second-order valence-electron chi connectivity index (χ2n) is 5.76. The average molecular weight is 401 g/mol. The van der Waals surface area contributed by atoms with Crippen LogP contribution in [0, 0.1) is 0 Å². The van der Waals surface area contributed by atoms with Crippen molar-refractivity contribution in [1.29, 1.82) is 0 Å². The first-order chi connectivity index (χ1) is 11.9. The minimum absolute atomic E-state index is 0.0672. The predicted octanol–water partition coefficient (Wildman–Crippen LogP) is 3.49. The average Bonchev–Trinajstić information content (AvgIpc) is 2.78. The second-order valence-corrected chi connectivity index (χ2v) is 8.25. The maximum atomic E-state index is 12.8. The van der Waals surface area contributed by atoms with E-state index in [-0.39, 0.29) is 20.7 Å². The number of anilines is 1. The largest absolute Gasteiger partial charge is 0.494 e. The molecule has 2 N–H and O–H groups in total. The number of halogens is 2. The monoisotopic (exact) mass is 400 g/mol. The molecule has 134 valence electrons. The third-order valence-corrected chi connectivity index (χ3v) is 5.95. The molecule has 1 heterocycles. The number of sulfonamides is 1. The standard InChI is InChI=1S/C17H18Cl2N2O3S/c1-24-17-15(19)9-13(18)10-16(17)25(22,23)21-14-3-2-11-4-6-20-7-5-12(11)8-14/h2-3,8-10,20-21H,4-7H2,1H3. The van der Waals surface area contributed by atoms with Crippen LogP contribution in [0.4, 0.5) is 5.69 Å². The number of fused-ring (bicyclic) bond motifs is 1. The van der Waals surface area contributed by atoms with E-state index in [0.29, 0.717) is 5.69 Å². The van der Waals surface area contributed by atoms with Crippen molar-refractivity contribution in [3.8, 4) is 5.75 Å². The summed E-state index contributed by atoms with van der Waals surface area (Å²) in [7, 11) is -2.53. The summed E-state index contributed by atoms with van der Waals surface area (Å²) in [6.45, 7) is 1.80. The van der Waals surface area contributed by atoms with Gasteiger partial charge in [-0.2, -0.15) is 0 Å². The molecular weight excluding hydrogens is 383 g/mol. The molecule has 25 heavy (non-hydrogen) atoms. The molecule has 5 nitrogen and oxygen atoms in total. The summed E-state index contributed by atoms with van der Waals surface area (Å²) in [5.41, 5.74) is 2.87. The third kappa shape index (κ3) is 4.03. The van der Waals surface area contributed by atoms with Gasteiger partial charge in [-0.25, -0.2) is 8.42 Å². The number of benzene rings is 2. The Kier molecular flexibility index (Phi) is 5.43. The Morgan fingerprint density at radius 3 is 2.52 bits per heavy atom. The number of hydrogen-bond acceptors (Lipinski definition) is 4. The topological polar surface area (TPSA) is 67.4 Å². The maximum absolute atomic E-state index is 12.8. The summed E-state index contributed by atoms with van der Waals surface area (Å²) in [6, 6.07) is 8.36. The van der Waals surface area contributed by atoms with E-state index in [4.69, 9.17) is 27.9 Å². The lowest BCUT2D eigenvalue weighted by atomic mass is 10.0. The van der Waals surface area contributed by atoms with Gasteiger partial charge in [-0.15, -0.1) is 0 Å². The molecule has 0 atom stereocenters. The molecule has 0 radical (unpaired) electrons. The number of rotatable bonds is 4. The first kappa shape index (κ1) is 18.3. The third-order valence-electron chi connectivity index (χ3n) is 4.07. The van der Waals surface area contributed by atoms with Crippen LogP contribution in [-0.4, -0.2) is 28.6 Å². The summed E-state index contributed by atoms with van der Waals surface area (Å²) in [6.07, 6.45) is 1.79. The van der Waals surface area contributed by atoms with Gasteiger partial charge in [-0.05, 0) is 61.3 Å². The first-order valence-corrected chi connectivity index (χ1v) is 10.0. The molecule has 0 amide bonds. The van der Waals surface area contributed by atoms with Crippen molar-refractivity contribution in [2.24, 2.45) is 0 Å². The Hall–Kier alpha value is -1.47. The van der Waals surface area contributed by atoms with Crippen LogP contribution in [-0.2, 0) is 22.9 Å². The highest BCUT2D eigenvalue weighted by Gasteiger charge is 2.23. The fourth-order valence-corrected chi connectivity index (χ4v) is 4.84. The van der Waals surface area contributed by atoms with Gasteiger partial charge < -0.3 is 10.1 Å². The van der Waals surface area contributed by atoms with Crippen molar-refractivity contribution in [3.63, 3.8) is 0 Å². The van der Waals surface area contributed by atoms with Crippen molar-refractivity contribution in [3.05, 3.63) is 51.5 Å². The van der Waals surface area contributed by atoms with E-state index in [1.54, 1.807) is 6.07 Å². The number of ether oxygens (including phenoxy) is 1. The van der Waals surface area contributed by atoms with Gasteiger partial charge in [0, 0.05) is 10.7 Å². The molecule has 1 aliphatic rings. The van der Waals surface area contributed by atoms with Crippen LogP contribution in [0.3, 0.4) is 0 Å². The Morgan fingerprint density at radius 2 is 1.80 bits per heavy atom. The summed E-state index contributed by atoms with van der Waals surface area (Å²) in [4.78, 5) is -0.0934. The molecule has 0 bridgehead atoms. The molecule has 1 aliphatic heterocycles. The van der Waals surface area contributed by atoms with Crippen molar-refractivity contribution < 1.29 is 13.2 Å². The normalized spacial score (nSPS) is 14.5. The number of hydrogen-bond donors (Lipinski definition) is 2. The van der Waals surface area contributed by atoms with Crippen molar-refractivity contribution in [2.45, 2.75) is 17.7 Å². The van der Waals surface area contributed by atoms with Crippen molar-refractivity contribution in [1.82, 2.24) is 5.32 Å². The fourth-order valence-electron chi connectivity index (χ4n) is 2.88. The van der Waals surface area contributed by atoms with E-state index < -0.39 is 10.0 Å². The van der Waals surface area contributed by atoms with E-state index in [2.05, 4.69) is 10.0 Å². The van der Waals surface area contributed by atoms with E-state index in [9.17, 15) is 8.42 Å². The quantitative estimate of drug-likeness (QED) is 0.823. The zero-order valence-corrected chi connectivity index (χ0v) is 15.9. The molecule has 0 unspecified atom stereocenters. The molecule has 0 aliphatic carbocycles. The van der Waals surface area contributed by atoms with Crippen LogP contribution in [0.2, 0.25) is 10.0 Å². The van der Waals surface area contributed by atoms with Crippen molar-refractivity contribution in [2.75, 3.05) is 24.9 Å². The highest BCUT2D eigenvalue weighted by atomic mass is 35.5. The second kappa shape index (κ2) is 7.41. The van der Waals surface area contributed by atoms with Gasteiger partial charge >= 0.3 is 0 Å². The smallest absolute Gasteiger partial charge is 0.265 e. The molecule has 0 saturated heterocycles. The predicted molar refractivity (Wildman–Crippen MR) is 101 cm³/mol. The fraction of sp³-hybridized carbons (Fsp3) is 0.294. The Bertz CT molecular complexity index is 901. The van der Waals surface area contributed by atoms with Crippen LogP contribution < -0.4 is 14.8 Å². The molecule has 8 heteroatoms. The van der Waals surface area contributed by atoms with Gasteiger partial charge in [-0.3, -0.25) is 4.72 Å². The minimum Gasteiger partial charge on any atom is -0.494 e. The summed E-state index contributed by atoms with van der Waals surface area (Å²) in [5.74, 6) is 0.0672. The van der Waals surface area contributed by atoms with E-state index in [0.717, 1.165) is 31.5 Å². The Labute approximate surface area is 157 Å². The zero-order chi connectivity index (χ0) is 18.0. The van der Waals surface area contributed by atoms with Gasteiger partial charge in [0.25, 0.3) is 10.0 Å². The maximum Gasteiger partial charge on any atom is 0.265 e. The summed E-state index contributed by atoms with van der Waals surface area (Å²) >= 11 is 12.0. The van der Waals surface area contributed by atoms with Crippen LogP contribution in [0.25, 0.3) is 0 Å². The Balaban J connectivity index is 1.96. The highest BCUT2D eigenvalue weighted by molar-refractivity contribution is 7.92. The number of nitrogens with one attached hydrogen (secondary N) is 2. The Morgan fingerprint density at radius 1 is 1.08 bits per heavy atom. The summed E-state index contributed by atoms with van der Waals surface area (Å²) < 4.78 is 33.3. The molecular formula is C17H18Cl2N2O3S. The number of methoxy groups -OCH3 is 1. The molecule has 2 aromatic rings. The zero-order valence-electron chi connectivity index (χ0n) is 13.6. The highest BCUT2D eigenvalue weighted by Crippen LogP contribution is 2.36. The first-order valence-electron chi connectivity index (χ1n) is 7.79. The lowest BCUT2D eigenvalue weighted by Crippen LogP contribution is -2.16.